The van der Waals surface area contributed by atoms with Crippen molar-refractivity contribution in [3.05, 3.63) is 29.8 Å². The second kappa shape index (κ2) is 5.52. The predicted molar refractivity (Wildman–Crippen MR) is 67.0 cm³/mol. The number of nitrogens with zero attached hydrogens (tertiary/aromatic N) is 2. The maximum absolute atomic E-state index is 12.0. The first-order valence-electron chi connectivity index (χ1n) is 5.93. The van der Waals surface area contributed by atoms with Crippen LogP contribution in [0.2, 0.25) is 0 Å². The number of nitrogens with one attached hydrogen (secondary N) is 1. The van der Waals surface area contributed by atoms with Crippen molar-refractivity contribution < 1.29 is 9.90 Å². The van der Waals surface area contributed by atoms with Gasteiger partial charge in [-0.1, -0.05) is 6.07 Å². The number of aliphatic hydroxyl groups is 1. The molecule has 1 aliphatic rings. The van der Waals surface area contributed by atoms with Crippen molar-refractivity contribution >= 4 is 11.7 Å². The van der Waals surface area contributed by atoms with E-state index in [0.717, 1.165) is 12.8 Å². The molecule has 5 nitrogen and oxygen atoms in total. The molecule has 1 aromatic rings. The third-order valence-electron chi connectivity index (χ3n) is 3.09. The topological polar surface area (TPSA) is 76.4 Å². The van der Waals surface area contributed by atoms with Crippen molar-refractivity contribution in [2.24, 2.45) is 0 Å². The van der Waals surface area contributed by atoms with Crippen LogP contribution in [-0.2, 0) is 0 Å². The van der Waals surface area contributed by atoms with E-state index in [1.807, 2.05) is 6.07 Å². The second-order valence-corrected chi connectivity index (χ2v) is 4.29. The quantitative estimate of drug-likeness (QED) is 0.829. The summed E-state index contributed by atoms with van der Waals surface area (Å²) in [5, 5.41) is 20.7. The molecule has 1 saturated heterocycles. The van der Waals surface area contributed by atoms with Crippen LogP contribution in [-0.4, -0.2) is 35.2 Å². The van der Waals surface area contributed by atoms with Gasteiger partial charge in [0.15, 0.2) is 0 Å². The molecule has 0 spiro atoms. The Hall–Kier alpha value is -2.06. The highest BCUT2D eigenvalue weighted by molar-refractivity contribution is 5.89. The van der Waals surface area contributed by atoms with Crippen LogP contribution in [0.25, 0.3) is 0 Å². The van der Waals surface area contributed by atoms with Gasteiger partial charge in [0.05, 0.1) is 24.3 Å². The highest BCUT2D eigenvalue weighted by Gasteiger charge is 2.27. The molecule has 2 rings (SSSR count). The Balaban J connectivity index is 2.04. The average molecular weight is 245 g/mol. The first kappa shape index (κ1) is 12.4. The number of benzene rings is 1. The van der Waals surface area contributed by atoms with Crippen LogP contribution in [0.15, 0.2) is 24.3 Å². The van der Waals surface area contributed by atoms with E-state index in [1.54, 1.807) is 29.2 Å². The van der Waals surface area contributed by atoms with Crippen LogP contribution in [0.5, 0.6) is 0 Å². The summed E-state index contributed by atoms with van der Waals surface area (Å²) in [5.74, 6) is 0. The van der Waals surface area contributed by atoms with Gasteiger partial charge in [-0.2, -0.15) is 5.26 Å². The van der Waals surface area contributed by atoms with Gasteiger partial charge in [0.1, 0.15) is 0 Å². The molecule has 1 aliphatic heterocycles. The maximum Gasteiger partial charge on any atom is 0.322 e. The Morgan fingerprint density at radius 3 is 3.17 bits per heavy atom. The molecule has 2 N–H and O–H groups in total. The fourth-order valence-corrected chi connectivity index (χ4v) is 2.15. The van der Waals surface area contributed by atoms with E-state index in [9.17, 15) is 4.79 Å². The SMILES string of the molecule is N#Cc1cccc(NC(=O)N2CCC[C@H]2CO)c1. The molecule has 94 valence electrons. The molecule has 1 heterocycles. The molecule has 1 atom stereocenters. The van der Waals surface area contributed by atoms with Crippen LogP contribution in [0.3, 0.4) is 0 Å². The zero-order valence-corrected chi connectivity index (χ0v) is 9.97. The number of rotatable bonds is 2. The van der Waals surface area contributed by atoms with Gasteiger partial charge in [0.2, 0.25) is 0 Å². The average Bonchev–Trinajstić information content (AvgIpc) is 2.87. The zero-order chi connectivity index (χ0) is 13.0. The summed E-state index contributed by atoms with van der Waals surface area (Å²) in [6.45, 7) is 0.653. The third kappa shape index (κ3) is 2.60. The monoisotopic (exact) mass is 245 g/mol. The van der Waals surface area contributed by atoms with E-state index in [2.05, 4.69) is 5.32 Å². The van der Waals surface area contributed by atoms with Crippen molar-refractivity contribution in [2.45, 2.75) is 18.9 Å². The normalized spacial score (nSPS) is 18.4. The largest absolute Gasteiger partial charge is 0.394 e. The Morgan fingerprint density at radius 1 is 1.61 bits per heavy atom. The van der Waals surface area contributed by atoms with E-state index >= 15 is 0 Å². The van der Waals surface area contributed by atoms with E-state index in [-0.39, 0.29) is 18.7 Å². The predicted octanol–water partition coefficient (Wildman–Crippen LogP) is 1.55. The van der Waals surface area contributed by atoms with Gasteiger partial charge in [-0.05, 0) is 31.0 Å². The highest BCUT2D eigenvalue weighted by atomic mass is 16.3. The van der Waals surface area contributed by atoms with Crippen LogP contribution in [0.4, 0.5) is 10.5 Å². The van der Waals surface area contributed by atoms with Crippen molar-refractivity contribution in [1.82, 2.24) is 4.90 Å². The lowest BCUT2D eigenvalue weighted by molar-refractivity contribution is 0.166. The summed E-state index contributed by atoms with van der Waals surface area (Å²) >= 11 is 0. The summed E-state index contributed by atoms with van der Waals surface area (Å²) in [4.78, 5) is 13.6. The van der Waals surface area contributed by atoms with Crippen molar-refractivity contribution in [1.29, 1.82) is 5.26 Å². The molecular weight excluding hydrogens is 230 g/mol. The molecule has 2 amide bonds. The van der Waals surface area contributed by atoms with E-state index in [1.165, 1.54) is 0 Å². The summed E-state index contributed by atoms with van der Waals surface area (Å²) in [6, 6.07) is 8.48. The molecule has 0 unspecified atom stereocenters. The minimum atomic E-state index is -0.221. The summed E-state index contributed by atoms with van der Waals surface area (Å²) < 4.78 is 0. The van der Waals surface area contributed by atoms with Crippen molar-refractivity contribution in [3.8, 4) is 6.07 Å². The van der Waals surface area contributed by atoms with Gasteiger partial charge < -0.3 is 15.3 Å². The maximum atomic E-state index is 12.0. The fourth-order valence-electron chi connectivity index (χ4n) is 2.15. The Morgan fingerprint density at radius 2 is 2.44 bits per heavy atom. The van der Waals surface area contributed by atoms with Gasteiger partial charge >= 0.3 is 6.03 Å². The molecular formula is C13H15N3O2. The molecule has 5 heteroatoms. The smallest absolute Gasteiger partial charge is 0.322 e. The fraction of sp³-hybridized carbons (Fsp3) is 0.385. The van der Waals surface area contributed by atoms with E-state index in [0.29, 0.717) is 17.8 Å². The number of likely N-dealkylation sites (tertiary alicyclic amines) is 1. The first-order valence-corrected chi connectivity index (χ1v) is 5.93. The summed E-state index contributed by atoms with van der Waals surface area (Å²) in [7, 11) is 0. The van der Waals surface area contributed by atoms with Crippen molar-refractivity contribution in [2.75, 3.05) is 18.5 Å². The number of aliphatic hydroxyl groups excluding tert-OH is 1. The summed E-state index contributed by atoms with van der Waals surface area (Å²) in [6.07, 6.45) is 1.75. The van der Waals surface area contributed by atoms with Gasteiger partial charge in [0, 0.05) is 12.2 Å². The number of amides is 2. The molecule has 0 aromatic heterocycles. The molecule has 0 bridgehead atoms. The molecule has 0 aliphatic carbocycles. The Labute approximate surface area is 106 Å². The minimum absolute atomic E-state index is 0.00828. The molecule has 0 radical (unpaired) electrons. The molecule has 18 heavy (non-hydrogen) atoms. The van der Waals surface area contributed by atoms with Crippen molar-refractivity contribution in [3.63, 3.8) is 0 Å². The van der Waals surface area contributed by atoms with Gasteiger partial charge in [-0.25, -0.2) is 4.79 Å². The molecule has 1 fully saturated rings. The third-order valence-corrected chi connectivity index (χ3v) is 3.09. The van der Waals surface area contributed by atoms with E-state index < -0.39 is 0 Å². The standard InChI is InChI=1S/C13H15N3O2/c14-8-10-3-1-4-11(7-10)15-13(18)16-6-2-5-12(16)9-17/h1,3-4,7,12,17H,2,5-6,9H2,(H,15,18)/t12-/m0/s1. The number of carbonyl (C=O) groups excluding carboxylic acids is 1. The lowest BCUT2D eigenvalue weighted by Gasteiger charge is -2.23. The lowest BCUT2D eigenvalue weighted by Crippen LogP contribution is -2.40. The number of hydrogen-bond donors (Lipinski definition) is 2. The van der Waals surface area contributed by atoms with Crippen LogP contribution < -0.4 is 5.32 Å². The highest BCUT2D eigenvalue weighted by Crippen LogP contribution is 2.18. The van der Waals surface area contributed by atoms with Gasteiger partial charge in [-0.3, -0.25) is 0 Å². The number of hydrogen-bond acceptors (Lipinski definition) is 3. The number of urea groups is 1. The number of anilines is 1. The summed E-state index contributed by atoms with van der Waals surface area (Å²) in [5.41, 5.74) is 1.11. The number of nitriles is 1. The van der Waals surface area contributed by atoms with Crippen LogP contribution >= 0.6 is 0 Å². The van der Waals surface area contributed by atoms with Crippen LogP contribution in [0, 0.1) is 11.3 Å². The number of carbonyl (C=O) groups is 1. The van der Waals surface area contributed by atoms with Crippen LogP contribution in [0.1, 0.15) is 18.4 Å². The minimum Gasteiger partial charge on any atom is -0.394 e. The Bertz CT molecular complexity index is 481. The lowest BCUT2D eigenvalue weighted by atomic mass is 10.2. The molecule has 0 saturated carbocycles. The second-order valence-electron chi connectivity index (χ2n) is 4.29. The van der Waals surface area contributed by atoms with E-state index in [4.69, 9.17) is 10.4 Å². The first-order chi connectivity index (χ1) is 8.74. The Kier molecular flexibility index (Phi) is 3.80. The zero-order valence-electron chi connectivity index (χ0n) is 9.97. The molecule has 1 aromatic carbocycles. The van der Waals surface area contributed by atoms with Gasteiger partial charge in [0.25, 0.3) is 0 Å². The van der Waals surface area contributed by atoms with Gasteiger partial charge in [-0.15, -0.1) is 0 Å².